The summed E-state index contributed by atoms with van der Waals surface area (Å²) in [6.45, 7) is 1.50. The number of anilines is 1. The Morgan fingerprint density at radius 2 is 2.46 bits per heavy atom. The van der Waals surface area contributed by atoms with E-state index >= 15 is 0 Å². The third-order valence-electron chi connectivity index (χ3n) is 2.30. The molecule has 1 aliphatic heterocycles. The van der Waals surface area contributed by atoms with Gasteiger partial charge in [-0.1, -0.05) is 0 Å². The van der Waals surface area contributed by atoms with E-state index in [0.717, 1.165) is 13.0 Å². The number of pyridine rings is 1. The van der Waals surface area contributed by atoms with Crippen molar-refractivity contribution in [3.05, 3.63) is 28.7 Å². The molecule has 0 aromatic carbocycles. The highest BCUT2D eigenvalue weighted by molar-refractivity contribution is 5.33. The largest absolute Gasteiger partial charge is 0.394 e. The van der Waals surface area contributed by atoms with E-state index in [9.17, 15) is 4.79 Å². The van der Waals surface area contributed by atoms with Gasteiger partial charge >= 0.3 is 0 Å². The van der Waals surface area contributed by atoms with Crippen LogP contribution in [-0.2, 0) is 4.74 Å². The summed E-state index contributed by atoms with van der Waals surface area (Å²) in [5, 5.41) is 0. The van der Waals surface area contributed by atoms with Gasteiger partial charge in [0.05, 0.1) is 18.3 Å². The van der Waals surface area contributed by atoms with Crippen LogP contribution in [0.4, 0.5) is 5.69 Å². The summed E-state index contributed by atoms with van der Waals surface area (Å²) in [6, 6.07) is 1.83. The number of hydrogen-bond donors (Lipinski definition) is 1. The van der Waals surface area contributed by atoms with Gasteiger partial charge in [-0.3, -0.25) is 4.79 Å². The lowest BCUT2D eigenvalue weighted by atomic mass is 10.2. The average Bonchev–Trinajstić information content (AvgIpc) is 2.62. The predicted molar refractivity (Wildman–Crippen MR) is 49.6 cm³/mol. The fraction of sp³-hybridized carbons (Fsp3) is 0.444. The monoisotopic (exact) mass is 180 g/mol. The maximum Gasteiger partial charge on any atom is 0.204 e. The summed E-state index contributed by atoms with van der Waals surface area (Å²) in [5.41, 5.74) is 5.70. The van der Waals surface area contributed by atoms with Crippen LogP contribution < -0.4 is 11.2 Å². The van der Waals surface area contributed by atoms with Crippen LogP contribution in [0, 0.1) is 0 Å². The van der Waals surface area contributed by atoms with Crippen molar-refractivity contribution in [1.29, 1.82) is 0 Å². The first-order chi connectivity index (χ1) is 6.27. The highest BCUT2D eigenvalue weighted by Crippen LogP contribution is 2.18. The van der Waals surface area contributed by atoms with Crippen LogP contribution in [-0.4, -0.2) is 17.8 Å². The zero-order chi connectivity index (χ0) is 9.26. The molecule has 0 amide bonds. The second-order valence-electron chi connectivity index (χ2n) is 3.23. The molecule has 1 aromatic heterocycles. The molecule has 2 rings (SSSR count). The third-order valence-corrected chi connectivity index (χ3v) is 2.30. The Balaban J connectivity index is 2.30. The fourth-order valence-corrected chi connectivity index (χ4v) is 1.50. The Morgan fingerprint density at radius 3 is 3.08 bits per heavy atom. The molecule has 0 aliphatic carbocycles. The zero-order valence-corrected chi connectivity index (χ0v) is 7.27. The van der Waals surface area contributed by atoms with Gasteiger partial charge in [-0.05, 0) is 6.42 Å². The maximum atomic E-state index is 11.0. The first kappa shape index (κ1) is 8.31. The normalized spacial score (nSPS) is 22.0. The lowest BCUT2D eigenvalue weighted by Crippen LogP contribution is -2.14. The lowest BCUT2D eigenvalue weighted by Gasteiger charge is -2.12. The molecule has 4 heteroatoms. The molecule has 1 unspecified atom stereocenters. The van der Waals surface area contributed by atoms with E-state index in [4.69, 9.17) is 10.5 Å². The molecule has 70 valence electrons. The molecule has 2 heterocycles. The minimum Gasteiger partial charge on any atom is -0.394 e. The van der Waals surface area contributed by atoms with Gasteiger partial charge in [-0.2, -0.15) is 0 Å². The van der Waals surface area contributed by atoms with Gasteiger partial charge in [0.15, 0.2) is 0 Å². The first-order valence-corrected chi connectivity index (χ1v) is 4.32. The summed E-state index contributed by atoms with van der Waals surface area (Å²) < 4.78 is 7.19. The molecule has 1 aliphatic rings. The Hall–Kier alpha value is -1.29. The Kier molecular flexibility index (Phi) is 2.06. The summed E-state index contributed by atoms with van der Waals surface area (Å²) in [5.74, 6) is 0. The molecule has 0 spiro atoms. The van der Waals surface area contributed by atoms with Crippen molar-refractivity contribution in [1.82, 2.24) is 4.57 Å². The van der Waals surface area contributed by atoms with E-state index in [-0.39, 0.29) is 5.43 Å². The third kappa shape index (κ3) is 1.58. The van der Waals surface area contributed by atoms with E-state index in [1.165, 1.54) is 6.07 Å². The summed E-state index contributed by atoms with van der Waals surface area (Å²) >= 11 is 0. The number of nitrogen functional groups attached to an aromatic ring is 1. The van der Waals surface area contributed by atoms with Crippen LogP contribution in [0.5, 0.6) is 0 Å². The van der Waals surface area contributed by atoms with E-state index < -0.39 is 0 Å². The Bertz CT molecular complexity index is 353. The van der Waals surface area contributed by atoms with Gasteiger partial charge in [0.1, 0.15) is 0 Å². The predicted octanol–water partition coefficient (Wildman–Crippen LogP) is 0.392. The summed E-state index contributed by atoms with van der Waals surface area (Å²) in [4.78, 5) is 11.0. The van der Waals surface area contributed by atoms with Crippen molar-refractivity contribution >= 4 is 5.69 Å². The zero-order valence-electron chi connectivity index (χ0n) is 7.27. The van der Waals surface area contributed by atoms with Crippen molar-refractivity contribution in [2.45, 2.75) is 12.5 Å². The number of nitrogens with two attached hydrogens (primary N) is 1. The molecule has 1 aromatic rings. The first-order valence-electron chi connectivity index (χ1n) is 4.32. The van der Waals surface area contributed by atoms with Crippen LogP contribution in [0.1, 0.15) is 12.5 Å². The van der Waals surface area contributed by atoms with Crippen LogP contribution in [0.25, 0.3) is 0 Å². The van der Waals surface area contributed by atoms with Crippen molar-refractivity contribution in [2.75, 3.05) is 18.9 Å². The molecule has 0 bridgehead atoms. The SMILES string of the molecule is Nc1cn(C2CCOC2)ccc1=O. The second kappa shape index (κ2) is 3.22. The van der Waals surface area contributed by atoms with E-state index in [1.807, 2.05) is 4.57 Å². The number of rotatable bonds is 1. The standard InChI is InChI=1S/C9H12N2O2/c10-8-5-11(3-1-9(8)12)7-2-4-13-6-7/h1,3,5,7H,2,4,6,10H2. The maximum absolute atomic E-state index is 11.0. The van der Waals surface area contributed by atoms with E-state index in [0.29, 0.717) is 18.3 Å². The number of hydrogen-bond acceptors (Lipinski definition) is 3. The van der Waals surface area contributed by atoms with Crippen LogP contribution >= 0.6 is 0 Å². The topological polar surface area (TPSA) is 57.2 Å². The number of nitrogens with zero attached hydrogens (tertiary/aromatic N) is 1. The van der Waals surface area contributed by atoms with Crippen molar-refractivity contribution in [3.8, 4) is 0 Å². The van der Waals surface area contributed by atoms with Gasteiger partial charge < -0.3 is 15.0 Å². The quantitative estimate of drug-likeness (QED) is 0.680. The van der Waals surface area contributed by atoms with Crippen LogP contribution in [0.2, 0.25) is 0 Å². The molecule has 4 nitrogen and oxygen atoms in total. The number of ether oxygens (including phenoxy) is 1. The van der Waals surface area contributed by atoms with Crippen molar-refractivity contribution < 1.29 is 4.74 Å². The molecule has 13 heavy (non-hydrogen) atoms. The van der Waals surface area contributed by atoms with Gasteiger partial charge in [0.25, 0.3) is 0 Å². The molecule has 1 fully saturated rings. The smallest absolute Gasteiger partial charge is 0.204 e. The molecule has 2 N–H and O–H groups in total. The molecule has 1 atom stereocenters. The lowest BCUT2D eigenvalue weighted by molar-refractivity contribution is 0.186. The summed E-state index contributed by atoms with van der Waals surface area (Å²) in [7, 11) is 0. The molecule has 1 saturated heterocycles. The molecule has 0 radical (unpaired) electrons. The Labute approximate surface area is 75.9 Å². The van der Waals surface area contributed by atoms with E-state index in [1.54, 1.807) is 12.4 Å². The molecular formula is C9H12N2O2. The average molecular weight is 180 g/mol. The highest BCUT2D eigenvalue weighted by Gasteiger charge is 2.16. The van der Waals surface area contributed by atoms with E-state index in [2.05, 4.69) is 0 Å². The molecular weight excluding hydrogens is 168 g/mol. The van der Waals surface area contributed by atoms with Gasteiger partial charge in [0, 0.05) is 25.1 Å². The minimum atomic E-state index is -0.116. The summed E-state index contributed by atoms with van der Waals surface area (Å²) in [6.07, 6.45) is 4.43. The second-order valence-corrected chi connectivity index (χ2v) is 3.23. The van der Waals surface area contributed by atoms with Crippen LogP contribution in [0.3, 0.4) is 0 Å². The fourth-order valence-electron chi connectivity index (χ4n) is 1.50. The minimum absolute atomic E-state index is 0.116. The van der Waals surface area contributed by atoms with Gasteiger partial charge in [0.2, 0.25) is 5.43 Å². The number of aromatic nitrogens is 1. The van der Waals surface area contributed by atoms with Crippen LogP contribution in [0.15, 0.2) is 23.3 Å². The highest BCUT2D eigenvalue weighted by atomic mass is 16.5. The van der Waals surface area contributed by atoms with Gasteiger partial charge in [-0.25, -0.2) is 0 Å². The Morgan fingerprint density at radius 1 is 1.62 bits per heavy atom. The van der Waals surface area contributed by atoms with Crippen molar-refractivity contribution in [2.24, 2.45) is 0 Å². The van der Waals surface area contributed by atoms with Crippen molar-refractivity contribution in [3.63, 3.8) is 0 Å². The van der Waals surface area contributed by atoms with Gasteiger partial charge in [-0.15, -0.1) is 0 Å². The molecule has 0 saturated carbocycles.